The van der Waals surface area contributed by atoms with Crippen molar-refractivity contribution in [1.29, 1.82) is 0 Å². The standard InChI is InChI=1S/C33H36N4O6/c38-26-14-7-8-17-33(26,21-28(40)36-25-20-29(41)43-32(25)42-22-24-12-5-2-6-13-24)30-31(35-19-9-18-34-30)37-27(39)16-15-23-10-3-1-4-11-23/h1-6,9-13,18-19,25,32,34H,7-8,14-17,20-22H2,(H,36,40)(H,37,39). The van der Waals surface area contributed by atoms with Gasteiger partial charge in [0.15, 0.2) is 5.82 Å². The number of nitrogens with one attached hydrogen (secondary N) is 3. The average Bonchev–Trinajstić information content (AvgIpc) is 3.19. The van der Waals surface area contributed by atoms with Gasteiger partial charge in [-0.3, -0.25) is 19.2 Å². The smallest absolute Gasteiger partial charge is 0.310 e. The number of cyclic esters (lactones) is 1. The van der Waals surface area contributed by atoms with Crippen molar-refractivity contribution < 1.29 is 28.7 Å². The summed E-state index contributed by atoms with van der Waals surface area (Å²) in [6, 6.07) is 18.4. The summed E-state index contributed by atoms with van der Waals surface area (Å²) in [5.41, 5.74) is 1.09. The Balaban J connectivity index is 1.32. The van der Waals surface area contributed by atoms with E-state index in [1.165, 1.54) is 6.21 Å². The van der Waals surface area contributed by atoms with Crippen molar-refractivity contribution >= 4 is 29.8 Å². The summed E-state index contributed by atoms with van der Waals surface area (Å²) in [7, 11) is 0. The largest absolute Gasteiger partial charge is 0.433 e. The predicted molar refractivity (Wildman–Crippen MR) is 159 cm³/mol. The fourth-order valence-corrected chi connectivity index (χ4v) is 5.70. The molecule has 224 valence electrons. The Morgan fingerprint density at radius 2 is 1.74 bits per heavy atom. The molecule has 2 heterocycles. The Bertz CT molecular complexity index is 1420. The summed E-state index contributed by atoms with van der Waals surface area (Å²) in [6.45, 7) is 0.210. The molecule has 1 saturated carbocycles. The van der Waals surface area contributed by atoms with Gasteiger partial charge in [-0.2, -0.15) is 0 Å². The molecule has 0 radical (unpaired) electrons. The minimum absolute atomic E-state index is 0.0388. The summed E-state index contributed by atoms with van der Waals surface area (Å²) in [5.74, 6) is -1.03. The van der Waals surface area contributed by atoms with Crippen LogP contribution in [0, 0.1) is 5.41 Å². The van der Waals surface area contributed by atoms with E-state index in [0.717, 1.165) is 17.5 Å². The molecule has 2 amide bonds. The van der Waals surface area contributed by atoms with Gasteiger partial charge in [0, 0.05) is 31.7 Å². The highest BCUT2D eigenvalue weighted by Gasteiger charge is 2.47. The SMILES string of the molecule is O=C(CCc1ccccc1)NC1=C(C2(CC(=O)NC3CC(=O)OC3OCc3ccccc3)CCCCC2=O)NC=CC=N1. The molecule has 0 aromatic heterocycles. The molecule has 5 rings (SSSR count). The summed E-state index contributed by atoms with van der Waals surface area (Å²) < 4.78 is 11.2. The summed E-state index contributed by atoms with van der Waals surface area (Å²) in [4.78, 5) is 56.8. The van der Waals surface area contributed by atoms with Crippen molar-refractivity contribution in [3.63, 3.8) is 0 Å². The maximum absolute atomic E-state index is 13.7. The number of carbonyl (C=O) groups is 4. The topological polar surface area (TPSA) is 135 Å². The maximum atomic E-state index is 13.7. The van der Waals surface area contributed by atoms with Crippen molar-refractivity contribution in [2.24, 2.45) is 10.4 Å². The van der Waals surface area contributed by atoms with E-state index >= 15 is 0 Å². The number of aliphatic imine (C=N–C) groups is 1. The molecule has 3 atom stereocenters. The third-order valence-electron chi connectivity index (χ3n) is 7.89. The second-order valence-electron chi connectivity index (χ2n) is 11.0. The Morgan fingerprint density at radius 1 is 1.00 bits per heavy atom. The van der Waals surface area contributed by atoms with Crippen LogP contribution < -0.4 is 16.0 Å². The van der Waals surface area contributed by atoms with Crippen molar-refractivity contribution in [1.82, 2.24) is 16.0 Å². The third kappa shape index (κ3) is 7.64. The van der Waals surface area contributed by atoms with Gasteiger partial charge in [-0.15, -0.1) is 0 Å². The van der Waals surface area contributed by atoms with E-state index in [1.54, 1.807) is 12.3 Å². The Labute approximate surface area is 250 Å². The lowest BCUT2D eigenvalue weighted by atomic mass is 9.68. The number of amides is 2. The highest BCUT2D eigenvalue weighted by atomic mass is 16.7. The Hall–Kier alpha value is -4.57. The molecule has 0 bridgehead atoms. The van der Waals surface area contributed by atoms with Gasteiger partial charge in [0.1, 0.15) is 11.8 Å². The van der Waals surface area contributed by atoms with E-state index in [-0.39, 0.29) is 43.4 Å². The zero-order valence-corrected chi connectivity index (χ0v) is 23.9. The first kappa shape index (κ1) is 29.9. The van der Waals surface area contributed by atoms with Gasteiger partial charge in [-0.05, 0) is 36.5 Å². The van der Waals surface area contributed by atoms with E-state index in [1.807, 2.05) is 60.7 Å². The van der Waals surface area contributed by atoms with Crippen LogP contribution in [0.15, 0.2) is 89.5 Å². The van der Waals surface area contributed by atoms with Crippen LogP contribution in [0.2, 0.25) is 0 Å². The van der Waals surface area contributed by atoms with Crippen molar-refractivity contribution in [3.05, 3.63) is 95.6 Å². The molecule has 0 spiro atoms. The van der Waals surface area contributed by atoms with Gasteiger partial charge in [0.25, 0.3) is 0 Å². The molecule has 3 aliphatic rings. The van der Waals surface area contributed by atoms with Crippen molar-refractivity contribution in [2.45, 2.75) is 70.3 Å². The number of aryl methyl sites for hydroxylation is 1. The fraction of sp³-hybridized carbons (Fsp3) is 0.364. The lowest BCUT2D eigenvalue weighted by Gasteiger charge is -2.38. The summed E-state index contributed by atoms with van der Waals surface area (Å²) in [6.07, 6.45) is 6.59. The normalized spacial score (nSPS) is 23.3. The van der Waals surface area contributed by atoms with Gasteiger partial charge in [0.2, 0.25) is 18.1 Å². The molecular formula is C33H36N4O6. The number of esters is 1. The van der Waals surface area contributed by atoms with Crippen LogP contribution in [0.3, 0.4) is 0 Å². The van der Waals surface area contributed by atoms with Crippen molar-refractivity contribution in [2.75, 3.05) is 0 Å². The van der Waals surface area contributed by atoms with Crippen LogP contribution >= 0.6 is 0 Å². The predicted octanol–water partition coefficient (Wildman–Crippen LogP) is 3.59. The molecule has 2 aromatic carbocycles. The van der Waals surface area contributed by atoms with Gasteiger partial charge in [0.05, 0.1) is 24.1 Å². The second-order valence-corrected chi connectivity index (χ2v) is 11.0. The maximum Gasteiger partial charge on any atom is 0.310 e. The number of rotatable bonds is 11. The molecular weight excluding hydrogens is 548 g/mol. The number of ether oxygens (including phenoxy) is 2. The van der Waals surface area contributed by atoms with Crippen LogP contribution in [-0.4, -0.2) is 42.1 Å². The quantitative estimate of drug-likeness (QED) is 0.344. The highest BCUT2D eigenvalue weighted by Crippen LogP contribution is 2.43. The second kappa shape index (κ2) is 14.1. The monoisotopic (exact) mass is 584 g/mol. The molecule has 10 heteroatoms. The highest BCUT2D eigenvalue weighted by molar-refractivity contribution is 5.94. The van der Waals surface area contributed by atoms with Crippen LogP contribution in [-0.2, 0) is 41.7 Å². The zero-order chi connectivity index (χ0) is 30.1. The number of Topliss-reactive ketones (excluding diaryl/α,β-unsaturated/α-hetero) is 1. The number of hydrogen-bond acceptors (Lipinski definition) is 8. The van der Waals surface area contributed by atoms with Crippen LogP contribution in [0.4, 0.5) is 0 Å². The molecule has 10 nitrogen and oxygen atoms in total. The molecule has 2 aliphatic heterocycles. The lowest BCUT2D eigenvalue weighted by molar-refractivity contribution is -0.168. The van der Waals surface area contributed by atoms with Gasteiger partial charge < -0.3 is 25.4 Å². The zero-order valence-electron chi connectivity index (χ0n) is 23.9. The van der Waals surface area contributed by atoms with E-state index in [4.69, 9.17) is 9.47 Å². The van der Waals surface area contributed by atoms with E-state index < -0.39 is 29.6 Å². The first-order valence-corrected chi connectivity index (χ1v) is 14.6. The number of hydrogen-bond donors (Lipinski definition) is 3. The van der Waals surface area contributed by atoms with E-state index in [2.05, 4.69) is 20.9 Å². The molecule has 1 saturated heterocycles. The minimum atomic E-state index is -1.24. The Kier molecular flexibility index (Phi) is 9.78. The van der Waals surface area contributed by atoms with Crippen LogP contribution in [0.5, 0.6) is 0 Å². The number of ketones is 1. The summed E-state index contributed by atoms with van der Waals surface area (Å²) >= 11 is 0. The lowest BCUT2D eigenvalue weighted by Crippen LogP contribution is -2.48. The first-order valence-electron chi connectivity index (χ1n) is 14.6. The van der Waals surface area contributed by atoms with Crippen LogP contribution in [0.1, 0.15) is 56.1 Å². The average molecular weight is 585 g/mol. The summed E-state index contributed by atoms with van der Waals surface area (Å²) in [5, 5.41) is 8.93. The fourth-order valence-electron chi connectivity index (χ4n) is 5.70. The molecule has 43 heavy (non-hydrogen) atoms. The van der Waals surface area contributed by atoms with Gasteiger partial charge in [-0.1, -0.05) is 67.1 Å². The van der Waals surface area contributed by atoms with E-state index in [9.17, 15) is 19.2 Å². The molecule has 2 aromatic rings. The molecule has 2 fully saturated rings. The third-order valence-corrected chi connectivity index (χ3v) is 7.89. The van der Waals surface area contributed by atoms with Gasteiger partial charge in [-0.25, -0.2) is 4.99 Å². The molecule has 1 aliphatic carbocycles. The minimum Gasteiger partial charge on any atom is -0.433 e. The number of nitrogens with zero attached hydrogens (tertiary/aromatic N) is 1. The number of allylic oxidation sites excluding steroid dienone is 2. The van der Waals surface area contributed by atoms with Crippen molar-refractivity contribution in [3.8, 4) is 0 Å². The number of carbonyl (C=O) groups excluding carboxylic acids is 4. The molecule has 3 N–H and O–H groups in total. The van der Waals surface area contributed by atoms with Crippen LogP contribution in [0.25, 0.3) is 0 Å². The molecule has 3 unspecified atom stereocenters. The first-order chi connectivity index (χ1) is 20.9. The van der Waals surface area contributed by atoms with E-state index in [0.29, 0.717) is 31.4 Å². The Morgan fingerprint density at radius 3 is 2.49 bits per heavy atom. The van der Waals surface area contributed by atoms with Gasteiger partial charge >= 0.3 is 5.97 Å². The number of benzene rings is 2.